The normalized spacial score (nSPS) is 13.8. The van der Waals surface area contributed by atoms with Gasteiger partial charge in [0.2, 0.25) is 11.9 Å². The summed E-state index contributed by atoms with van der Waals surface area (Å²) < 4.78 is 17.1. The van der Waals surface area contributed by atoms with Crippen LogP contribution in [-0.4, -0.2) is 96.4 Å². The van der Waals surface area contributed by atoms with Gasteiger partial charge in [-0.25, -0.2) is 9.97 Å². The second-order valence-electron chi connectivity index (χ2n) is 15.5. The van der Waals surface area contributed by atoms with E-state index in [1.54, 1.807) is 13.3 Å². The highest BCUT2D eigenvalue weighted by molar-refractivity contribution is 6.32. The summed E-state index contributed by atoms with van der Waals surface area (Å²) in [4.78, 5) is 25.0. The predicted molar refractivity (Wildman–Crippen MR) is 256 cm³/mol. The molecule has 2 saturated heterocycles. The summed E-state index contributed by atoms with van der Waals surface area (Å²) in [5, 5.41) is 11.1. The number of hydrogen-bond donors (Lipinski definition) is 3. The fourth-order valence-electron chi connectivity index (χ4n) is 7.24. The summed E-state index contributed by atoms with van der Waals surface area (Å²) in [6, 6.07) is 28.9. The molecule has 0 unspecified atom stereocenters. The zero-order valence-corrected chi connectivity index (χ0v) is 37.9. The van der Waals surface area contributed by atoms with Gasteiger partial charge in [-0.15, -0.1) is 0 Å². The first-order chi connectivity index (χ1) is 30.7. The lowest BCUT2D eigenvalue weighted by molar-refractivity contribution is 0.237. The molecule has 0 spiro atoms. The van der Waals surface area contributed by atoms with E-state index >= 15 is 0 Å². The van der Waals surface area contributed by atoms with E-state index in [1.165, 1.54) is 51.9 Å². The molecule has 0 aliphatic carbocycles. The first-order valence-electron chi connectivity index (χ1n) is 21.4. The number of aryl methyl sites for hydroxylation is 2. The van der Waals surface area contributed by atoms with E-state index in [2.05, 4.69) is 40.7 Å². The first-order valence-corrected chi connectivity index (χ1v) is 22.2. The number of likely N-dealkylation sites (tertiary alicyclic amines) is 2. The Morgan fingerprint density at radius 3 is 1.65 bits per heavy atom. The van der Waals surface area contributed by atoms with Gasteiger partial charge in [-0.1, -0.05) is 23.2 Å². The lowest BCUT2D eigenvalue weighted by Crippen LogP contribution is -2.25. The third-order valence-electron chi connectivity index (χ3n) is 10.8. The highest BCUT2D eigenvalue weighted by Crippen LogP contribution is 2.33. The number of halogens is 2. The van der Waals surface area contributed by atoms with Gasteiger partial charge in [-0.2, -0.15) is 9.97 Å². The molecule has 330 valence electrons. The van der Waals surface area contributed by atoms with Crippen LogP contribution in [0.5, 0.6) is 17.2 Å². The average molecular weight is 892 g/mol. The van der Waals surface area contributed by atoms with Crippen LogP contribution in [-0.2, 0) is 0 Å². The van der Waals surface area contributed by atoms with Crippen LogP contribution < -0.4 is 35.1 Å². The summed E-state index contributed by atoms with van der Waals surface area (Å²) in [5.74, 6) is 4.94. The monoisotopic (exact) mass is 890 g/mol. The topological polar surface area (TPSA) is 125 Å². The molecule has 6 aromatic rings. The Hall–Kier alpha value is -5.86. The third-order valence-corrected chi connectivity index (χ3v) is 11.4. The van der Waals surface area contributed by atoms with Crippen molar-refractivity contribution in [1.82, 2.24) is 29.7 Å². The van der Waals surface area contributed by atoms with Crippen molar-refractivity contribution in [2.24, 2.45) is 0 Å². The molecule has 0 saturated carbocycles. The molecule has 2 aliphatic heterocycles. The van der Waals surface area contributed by atoms with Crippen LogP contribution in [0.3, 0.4) is 0 Å². The molecule has 8 rings (SSSR count). The molecule has 3 N–H and O–H groups in total. The highest BCUT2D eigenvalue weighted by atomic mass is 35.5. The summed E-state index contributed by atoms with van der Waals surface area (Å²) in [7, 11) is 3.56. The zero-order chi connectivity index (χ0) is 44.0. The lowest BCUT2D eigenvalue weighted by Gasteiger charge is -2.21. The Bertz CT molecular complexity index is 2360. The van der Waals surface area contributed by atoms with Crippen LogP contribution >= 0.6 is 23.2 Å². The van der Waals surface area contributed by atoms with E-state index in [1.807, 2.05) is 123 Å². The number of benzene rings is 4. The van der Waals surface area contributed by atoms with Gasteiger partial charge in [0.05, 0.1) is 12.1 Å². The fraction of sp³-hybridized carbons (Fsp3) is 0.333. The average Bonchev–Trinajstić information content (AvgIpc) is 4.03. The zero-order valence-electron chi connectivity index (χ0n) is 36.4. The van der Waals surface area contributed by atoms with Crippen molar-refractivity contribution in [2.75, 3.05) is 87.5 Å². The molecule has 4 aromatic carbocycles. The quantitative estimate of drug-likeness (QED) is 0.0805. The summed E-state index contributed by atoms with van der Waals surface area (Å²) in [6.45, 7) is 12.1. The minimum Gasteiger partial charge on any atom is -0.495 e. The van der Waals surface area contributed by atoms with E-state index in [-0.39, 0.29) is 0 Å². The van der Waals surface area contributed by atoms with Crippen molar-refractivity contribution in [3.63, 3.8) is 0 Å². The van der Waals surface area contributed by atoms with Crippen molar-refractivity contribution < 1.29 is 14.2 Å². The number of anilines is 8. The standard InChI is InChI=1S/C25H30ClN5O2.C23H26ClN5O/c1-18-17-27-25(29-24(18)30(2)20-8-11-22(26)23(16-20)32-3)28-19-6-9-21(10-7-19)33-15-14-31-12-4-5-13-31;1-17-16-25-23(28-22(17)26-19-6-4-18(24)5-7-19)27-20-8-10-21(11-9-20)30-15-14-29-12-2-3-13-29/h6-11,16-17H,4-5,12-15H2,1-3H3,(H,27,28,29);4-11,16H,2-3,12-15H2,1H3,(H2,25,26,27,28). The molecule has 63 heavy (non-hydrogen) atoms. The Balaban J connectivity index is 0.000000190. The largest absolute Gasteiger partial charge is 0.495 e. The maximum Gasteiger partial charge on any atom is 0.229 e. The fourth-order valence-corrected chi connectivity index (χ4v) is 7.56. The van der Waals surface area contributed by atoms with Crippen molar-refractivity contribution in [2.45, 2.75) is 39.5 Å². The van der Waals surface area contributed by atoms with Gasteiger partial charge in [0.1, 0.15) is 42.1 Å². The second-order valence-corrected chi connectivity index (χ2v) is 16.4. The van der Waals surface area contributed by atoms with Crippen molar-refractivity contribution in [3.8, 4) is 17.2 Å². The van der Waals surface area contributed by atoms with Gasteiger partial charge < -0.3 is 35.1 Å². The van der Waals surface area contributed by atoms with Crippen LogP contribution in [0.1, 0.15) is 36.8 Å². The third kappa shape index (κ3) is 13.3. The minimum atomic E-state index is 0.520. The van der Waals surface area contributed by atoms with E-state index in [0.717, 1.165) is 70.1 Å². The maximum absolute atomic E-state index is 6.17. The lowest BCUT2D eigenvalue weighted by atomic mass is 10.2. The molecule has 0 atom stereocenters. The van der Waals surface area contributed by atoms with Crippen LogP contribution in [0.2, 0.25) is 10.0 Å². The van der Waals surface area contributed by atoms with Gasteiger partial charge in [-0.05, 0) is 151 Å². The summed E-state index contributed by atoms with van der Waals surface area (Å²) >= 11 is 12.1. The maximum atomic E-state index is 6.17. The van der Waals surface area contributed by atoms with E-state index < -0.39 is 0 Å². The number of methoxy groups -OCH3 is 1. The van der Waals surface area contributed by atoms with Crippen LogP contribution in [0.15, 0.2) is 103 Å². The van der Waals surface area contributed by atoms with E-state index in [0.29, 0.717) is 40.9 Å². The highest BCUT2D eigenvalue weighted by Gasteiger charge is 2.15. The molecule has 2 aromatic heterocycles. The Labute approximate surface area is 380 Å². The SMILES string of the molecule is COc1cc(N(C)c2nc(Nc3ccc(OCCN4CCCC4)cc3)ncc2C)ccc1Cl.Cc1cnc(Nc2ccc(OCCN3CCCC3)cc2)nc1Nc1ccc(Cl)cc1. The number of hydrogen-bond acceptors (Lipinski definition) is 13. The summed E-state index contributed by atoms with van der Waals surface area (Å²) in [5.41, 5.74) is 5.55. The van der Waals surface area contributed by atoms with Gasteiger partial charge >= 0.3 is 0 Å². The van der Waals surface area contributed by atoms with E-state index in [4.69, 9.17) is 42.4 Å². The number of nitrogens with zero attached hydrogens (tertiary/aromatic N) is 7. The van der Waals surface area contributed by atoms with Gasteiger partial charge in [0.25, 0.3) is 0 Å². The number of ether oxygens (including phenoxy) is 3. The molecule has 2 aliphatic rings. The van der Waals surface area contributed by atoms with Gasteiger partial charge in [0.15, 0.2) is 0 Å². The number of nitrogens with one attached hydrogen (secondary N) is 3. The van der Waals surface area contributed by atoms with Crippen LogP contribution in [0.4, 0.5) is 46.3 Å². The predicted octanol–water partition coefficient (Wildman–Crippen LogP) is 10.8. The Kier molecular flexibility index (Phi) is 16.1. The Morgan fingerprint density at radius 2 is 1.11 bits per heavy atom. The molecule has 4 heterocycles. The van der Waals surface area contributed by atoms with Crippen molar-refractivity contribution in [3.05, 3.63) is 125 Å². The molecule has 0 amide bonds. The summed E-state index contributed by atoms with van der Waals surface area (Å²) in [6.07, 6.45) is 8.81. The molecule has 15 heteroatoms. The molecular formula is C48H56Cl2N10O3. The van der Waals surface area contributed by atoms with Crippen LogP contribution in [0.25, 0.3) is 0 Å². The van der Waals surface area contributed by atoms with Crippen molar-refractivity contribution >= 4 is 69.5 Å². The van der Waals surface area contributed by atoms with Crippen molar-refractivity contribution in [1.29, 1.82) is 0 Å². The van der Waals surface area contributed by atoms with Gasteiger partial charge in [-0.3, -0.25) is 9.80 Å². The number of rotatable bonds is 17. The molecule has 0 radical (unpaired) electrons. The van der Waals surface area contributed by atoms with Gasteiger partial charge in [0, 0.05) is 77.5 Å². The molecule has 13 nitrogen and oxygen atoms in total. The smallest absolute Gasteiger partial charge is 0.229 e. The second kappa shape index (κ2) is 22.5. The first kappa shape index (κ1) is 45.2. The minimum absolute atomic E-state index is 0.520. The molecular weight excluding hydrogens is 836 g/mol. The Morgan fingerprint density at radius 1 is 0.619 bits per heavy atom. The molecule has 0 bridgehead atoms. The van der Waals surface area contributed by atoms with E-state index in [9.17, 15) is 0 Å². The van der Waals surface area contributed by atoms with Crippen LogP contribution in [0, 0.1) is 13.8 Å². The number of aromatic nitrogens is 4. The molecule has 2 fully saturated rings.